The lowest BCUT2D eigenvalue weighted by Crippen LogP contribution is -2.42. The van der Waals surface area contributed by atoms with Gasteiger partial charge in [-0.15, -0.1) is 0 Å². The van der Waals surface area contributed by atoms with Gasteiger partial charge in [-0.3, -0.25) is 0 Å². The minimum absolute atomic E-state index is 0.598. The van der Waals surface area contributed by atoms with Gasteiger partial charge in [0.1, 0.15) is 0 Å². The monoisotopic (exact) mass is 292 g/mol. The van der Waals surface area contributed by atoms with Crippen molar-refractivity contribution in [1.29, 1.82) is 0 Å². The molecule has 0 bridgehead atoms. The molecule has 0 unspecified atom stereocenters. The number of nitrogens with zero attached hydrogens (tertiary/aromatic N) is 1. The van der Waals surface area contributed by atoms with Crippen molar-refractivity contribution in [3.8, 4) is 0 Å². The molecule has 1 aromatic carbocycles. The van der Waals surface area contributed by atoms with Gasteiger partial charge in [0.25, 0.3) is 0 Å². The average Bonchev–Trinajstić information content (AvgIpc) is 2.35. The zero-order valence-corrected chi connectivity index (χ0v) is 14.3. The summed E-state index contributed by atoms with van der Waals surface area (Å²) in [4.78, 5) is 1.45. The predicted molar refractivity (Wildman–Crippen MR) is 89.4 cm³/mol. The van der Waals surface area contributed by atoms with Crippen LogP contribution in [0, 0.1) is 20.8 Å². The first-order valence-electron chi connectivity index (χ1n) is 7.72. The summed E-state index contributed by atoms with van der Waals surface area (Å²) in [6.45, 7) is 13.5. The van der Waals surface area contributed by atoms with Crippen molar-refractivity contribution in [3.63, 3.8) is 0 Å². The lowest BCUT2D eigenvalue weighted by atomic mass is 10.1. The molecular weight excluding hydrogens is 264 g/mol. The third-order valence-corrected chi connectivity index (χ3v) is 5.30. The van der Waals surface area contributed by atoms with Gasteiger partial charge in [0, 0.05) is 30.1 Å². The van der Waals surface area contributed by atoms with Crippen molar-refractivity contribution >= 4 is 11.9 Å². The van der Waals surface area contributed by atoms with Crippen LogP contribution in [0.5, 0.6) is 0 Å². The van der Waals surface area contributed by atoms with E-state index in [4.69, 9.17) is 0 Å². The third-order valence-electron chi connectivity index (χ3n) is 3.85. The van der Waals surface area contributed by atoms with E-state index < -0.39 is 0 Å². The topological polar surface area (TPSA) is 15.3 Å². The maximum Gasteiger partial charge on any atom is 0.0288 e. The molecule has 2 rings (SSSR count). The average molecular weight is 292 g/mol. The molecule has 20 heavy (non-hydrogen) atoms. The molecular formula is C17H28N2S. The number of rotatable bonds is 4. The summed E-state index contributed by atoms with van der Waals surface area (Å²) < 4.78 is 2.53. The predicted octanol–water partition coefficient (Wildman–Crippen LogP) is 4.08. The lowest BCUT2D eigenvalue weighted by molar-refractivity contribution is 0.296. The first-order valence-corrected chi connectivity index (χ1v) is 8.50. The molecule has 1 aliphatic rings. The molecule has 0 aromatic heterocycles. The summed E-state index contributed by atoms with van der Waals surface area (Å²) in [7, 11) is 0. The van der Waals surface area contributed by atoms with Gasteiger partial charge in [0.2, 0.25) is 0 Å². The summed E-state index contributed by atoms with van der Waals surface area (Å²) in [5.74, 6) is 0. The SMILES string of the molecule is Cc1cc(C)c(SN2CCC(NC(C)C)CC2)c(C)c1. The summed E-state index contributed by atoms with van der Waals surface area (Å²) in [6, 6.07) is 5.89. The zero-order valence-electron chi connectivity index (χ0n) is 13.5. The van der Waals surface area contributed by atoms with Crippen molar-refractivity contribution in [2.45, 2.75) is 64.4 Å². The van der Waals surface area contributed by atoms with Crippen LogP contribution in [0.1, 0.15) is 43.4 Å². The lowest BCUT2D eigenvalue weighted by Gasteiger charge is -2.33. The van der Waals surface area contributed by atoms with E-state index in [0.29, 0.717) is 12.1 Å². The van der Waals surface area contributed by atoms with Gasteiger partial charge in [-0.25, -0.2) is 4.31 Å². The second-order valence-corrected chi connectivity index (χ2v) is 7.45. The standard InChI is InChI=1S/C17H28N2S/c1-12(2)18-16-6-8-19(9-7-16)20-17-14(4)10-13(3)11-15(17)5/h10-12,16,18H,6-9H2,1-5H3. The first kappa shape index (κ1) is 15.9. The summed E-state index contributed by atoms with van der Waals surface area (Å²) >= 11 is 1.95. The van der Waals surface area contributed by atoms with Crippen LogP contribution in [0.3, 0.4) is 0 Å². The fourth-order valence-electron chi connectivity index (χ4n) is 3.03. The molecule has 0 amide bonds. The van der Waals surface area contributed by atoms with Gasteiger partial charge in [0.05, 0.1) is 0 Å². The normalized spacial score (nSPS) is 17.9. The molecule has 1 fully saturated rings. The molecule has 112 valence electrons. The second-order valence-electron chi connectivity index (χ2n) is 6.34. The smallest absolute Gasteiger partial charge is 0.0288 e. The Balaban J connectivity index is 1.93. The number of piperidine rings is 1. The highest BCUT2D eigenvalue weighted by Gasteiger charge is 2.21. The van der Waals surface area contributed by atoms with Crippen molar-refractivity contribution < 1.29 is 0 Å². The van der Waals surface area contributed by atoms with Crippen LogP contribution in [0.4, 0.5) is 0 Å². The van der Waals surface area contributed by atoms with Crippen LogP contribution >= 0.6 is 11.9 Å². The Bertz CT molecular complexity index is 425. The fraction of sp³-hybridized carbons (Fsp3) is 0.647. The molecule has 2 nitrogen and oxygen atoms in total. The molecule has 0 spiro atoms. The van der Waals surface area contributed by atoms with Crippen molar-refractivity contribution in [3.05, 3.63) is 28.8 Å². The molecule has 0 aliphatic carbocycles. The van der Waals surface area contributed by atoms with Gasteiger partial charge in [-0.05, 0) is 56.7 Å². The van der Waals surface area contributed by atoms with Gasteiger partial charge in [-0.1, -0.05) is 31.5 Å². The molecule has 0 radical (unpaired) electrons. The number of benzene rings is 1. The Morgan fingerprint density at radius 3 is 2.15 bits per heavy atom. The Labute approximate surface area is 128 Å². The molecule has 0 saturated carbocycles. The van der Waals surface area contributed by atoms with Crippen LogP contribution in [0.25, 0.3) is 0 Å². The third kappa shape index (κ3) is 4.24. The second kappa shape index (κ2) is 6.97. The summed E-state index contributed by atoms with van der Waals surface area (Å²) in [5, 5.41) is 3.66. The Kier molecular flexibility index (Phi) is 5.53. The highest BCUT2D eigenvalue weighted by atomic mass is 32.2. The molecule has 1 aromatic rings. The van der Waals surface area contributed by atoms with Crippen molar-refractivity contribution in [2.24, 2.45) is 0 Å². The van der Waals surface area contributed by atoms with E-state index in [-0.39, 0.29) is 0 Å². The van der Waals surface area contributed by atoms with Crippen LogP contribution < -0.4 is 5.32 Å². The van der Waals surface area contributed by atoms with E-state index in [1.165, 1.54) is 47.5 Å². The summed E-state index contributed by atoms with van der Waals surface area (Å²) in [5.41, 5.74) is 4.19. The number of hydrogen-bond donors (Lipinski definition) is 1. The van der Waals surface area contributed by atoms with Crippen LogP contribution in [0.2, 0.25) is 0 Å². The molecule has 1 N–H and O–H groups in total. The van der Waals surface area contributed by atoms with E-state index >= 15 is 0 Å². The van der Waals surface area contributed by atoms with E-state index in [0.717, 1.165) is 0 Å². The highest BCUT2D eigenvalue weighted by molar-refractivity contribution is 7.97. The van der Waals surface area contributed by atoms with Crippen molar-refractivity contribution in [1.82, 2.24) is 9.62 Å². The van der Waals surface area contributed by atoms with E-state index in [1.54, 1.807) is 0 Å². The quantitative estimate of drug-likeness (QED) is 0.842. The molecule has 0 atom stereocenters. The van der Waals surface area contributed by atoms with Crippen LogP contribution in [0.15, 0.2) is 17.0 Å². The fourth-order valence-corrected chi connectivity index (χ4v) is 4.08. The first-order chi connectivity index (χ1) is 9.45. The number of aryl methyl sites for hydroxylation is 3. The largest absolute Gasteiger partial charge is 0.312 e. The van der Waals surface area contributed by atoms with Gasteiger partial charge in [0.15, 0.2) is 0 Å². The Morgan fingerprint density at radius 1 is 1.10 bits per heavy atom. The number of hydrogen-bond acceptors (Lipinski definition) is 3. The number of nitrogens with one attached hydrogen (secondary N) is 1. The van der Waals surface area contributed by atoms with E-state index in [2.05, 4.69) is 56.4 Å². The van der Waals surface area contributed by atoms with Gasteiger partial charge >= 0.3 is 0 Å². The minimum Gasteiger partial charge on any atom is -0.312 e. The van der Waals surface area contributed by atoms with Gasteiger partial charge < -0.3 is 5.32 Å². The van der Waals surface area contributed by atoms with E-state index in [1.807, 2.05) is 11.9 Å². The molecule has 3 heteroatoms. The van der Waals surface area contributed by atoms with Crippen LogP contribution in [-0.4, -0.2) is 29.5 Å². The molecule has 1 aliphatic heterocycles. The Morgan fingerprint density at radius 2 is 1.65 bits per heavy atom. The van der Waals surface area contributed by atoms with Crippen LogP contribution in [-0.2, 0) is 0 Å². The molecule has 1 saturated heterocycles. The highest BCUT2D eigenvalue weighted by Crippen LogP contribution is 2.32. The zero-order chi connectivity index (χ0) is 14.7. The molecule has 1 heterocycles. The van der Waals surface area contributed by atoms with Crippen molar-refractivity contribution in [2.75, 3.05) is 13.1 Å². The summed E-state index contributed by atoms with van der Waals surface area (Å²) in [6.07, 6.45) is 2.52. The minimum atomic E-state index is 0.598. The van der Waals surface area contributed by atoms with E-state index in [9.17, 15) is 0 Å². The van der Waals surface area contributed by atoms with Gasteiger partial charge in [-0.2, -0.15) is 0 Å². The Hall–Kier alpha value is -0.510. The maximum atomic E-state index is 3.66. The maximum absolute atomic E-state index is 3.66.